The summed E-state index contributed by atoms with van der Waals surface area (Å²) >= 11 is 5.41. The molecule has 0 saturated heterocycles. The average Bonchev–Trinajstić information content (AvgIpc) is 2.33. The molecular formula is C14H16ClNO3. The van der Waals surface area contributed by atoms with Crippen molar-refractivity contribution in [1.82, 2.24) is 0 Å². The fourth-order valence-electron chi connectivity index (χ4n) is 1.80. The maximum absolute atomic E-state index is 11.2. The zero-order valence-electron chi connectivity index (χ0n) is 11.0. The van der Waals surface area contributed by atoms with E-state index in [1.54, 1.807) is 13.0 Å². The summed E-state index contributed by atoms with van der Waals surface area (Å²) in [6, 6.07) is 2.91. The monoisotopic (exact) mass is 281 g/mol. The lowest BCUT2D eigenvalue weighted by Crippen LogP contribution is -2.01. The Balaban J connectivity index is 3.12. The summed E-state index contributed by atoms with van der Waals surface area (Å²) < 4.78 is 0. The molecule has 0 N–H and O–H groups in total. The van der Waals surface area contributed by atoms with Gasteiger partial charge in [0, 0.05) is 17.2 Å². The van der Waals surface area contributed by atoms with Gasteiger partial charge in [0.25, 0.3) is 10.9 Å². The van der Waals surface area contributed by atoms with E-state index in [2.05, 4.69) is 6.92 Å². The second kappa shape index (κ2) is 7.04. The highest BCUT2D eigenvalue weighted by Crippen LogP contribution is 2.25. The molecule has 0 unspecified atom stereocenters. The molecule has 0 radical (unpaired) electrons. The maximum atomic E-state index is 11.2. The number of allylic oxidation sites excluding steroid dienone is 2. The average molecular weight is 282 g/mol. The summed E-state index contributed by atoms with van der Waals surface area (Å²) in [6.07, 6.45) is 6.38. The van der Waals surface area contributed by atoms with Crippen LogP contribution in [0.25, 0.3) is 0 Å². The van der Waals surface area contributed by atoms with Crippen LogP contribution in [0.4, 0.5) is 5.69 Å². The van der Waals surface area contributed by atoms with Gasteiger partial charge in [-0.2, -0.15) is 0 Å². The minimum Gasteiger partial charge on any atom is -0.276 e. The largest absolute Gasteiger partial charge is 0.276 e. The Morgan fingerprint density at radius 1 is 1.42 bits per heavy atom. The number of carbonyl (C=O) groups excluding carboxylic acids is 1. The van der Waals surface area contributed by atoms with Gasteiger partial charge >= 0.3 is 0 Å². The Bertz CT molecular complexity index is 524. The molecule has 1 rings (SSSR count). The van der Waals surface area contributed by atoms with E-state index >= 15 is 0 Å². The first-order valence-electron chi connectivity index (χ1n) is 6.10. The molecule has 0 atom stereocenters. The van der Waals surface area contributed by atoms with Crippen LogP contribution in [0.2, 0.25) is 0 Å². The molecule has 19 heavy (non-hydrogen) atoms. The van der Waals surface area contributed by atoms with E-state index in [-0.39, 0.29) is 11.3 Å². The normalized spacial score (nSPS) is 10.9. The van der Waals surface area contributed by atoms with E-state index in [0.717, 1.165) is 12.8 Å². The van der Waals surface area contributed by atoms with Crippen molar-refractivity contribution in [2.24, 2.45) is 0 Å². The van der Waals surface area contributed by atoms with Gasteiger partial charge in [0.05, 0.1) is 4.92 Å². The quantitative estimate of drug-likeness (QED) is 0.340. The Kier molecular flexibility index (Phi) is 5.70. The first-order valence-corrected chi connectivity index (χ1v) is 6.48. The molecule has 102 valence electrons. The van der Waals surface area contributed by atoms with E-state index in [1.165, 1.54) is 6.07 Å². The Morgan fingerprint density at radius 3 is 2.63 bits per heavy atom. The van der Waals surface area contributed by atoms with Crippen LogP contribution in [-0.2, 0) is 6.42 Å². The van der Waals surface area contributed by atoms with Gasteiger partial charge in [-0.25, -0.2) is 0 Å². The van der Waals surface area contributed by atoms with E-state index in [0.29, 0.717) is 17.5 Å². The second-order valence-electron chi connectivity index (χ2n) is 4.29. The van der Waals surface area contributed by atoms with Crippen molar-refractivity contribution in [2.45, 2.75) is 33.1 Å². The number of unbranched alkanes of at least 4 members (excludes halogenated alkanes) is 1. The van der Waals surface area contributed by atoms with E-state index in [4.69, 9.17) is 11.6 Å². The molecule has 0 amide bonds. The van der Waals surface area contributed by atoms with Crippen LogP contribution in [0.15, 0.2) is 24.3 Å². The number of halogens is 1. The van der Waals surface area contributed by atoms with Crippen molar-refractivity contribution >= 4 is 22.5 Å². The summed E-state index contributed by atoms with van der Waals surface area (Å²) in [5.41, 5.74) is 1.38. The highest BCUT2D eigenvalue weighted by atomic mass is 35.5. The second-order valence-corrected chi connectivity index (χ2v) is 4.63. The lowest BCUT2D eigenvalue weighted by atomic mass is 10.0. The molecule has 0 saturated carbocycles. The lowest BCUT2D eigenvalue weighted by molar-refractivity contribution is -0.385. The number of nitro benzene ring substituents is 1. The van der Waals surface area contributed by atoms with Crippen LogP contribution in [-0.4, -0.2) is 10.2 Å². The van der Waals surface area contributed by atoms with Crippen LogP contribution in [0.3, 0.4) is 0 Å². The predicted molar refractivity (Wildman–Crippen MR) is 75.8 cm³/mol. The highest BCUT2D eigenvalue weighted by molar-refractivity contribution is 6.68. The molecule has 0 bridgehead atoms. The van der Waals surface area contributed by atoms with E-state index < -0.39 is 10.2 Å². The smallest absolute Gasteiger partial charge is 0.273 e. The van der Waals surface area contributed by atoms with Crippen molar-refractivity contribution in [3.05, 3.63) is 51.1 Å². The lowest BCUT2D eigenvalue weighted by Gasteiger charge is -2.05. The molecule has 0 spiro atoms. The number of nitro groups is 1. The Labute approximate surface area is 117 Å². The summed E-state index contributed by atoms with van der Waals surface area (Å²) in [7, 11) is 0. The van der Waals surface area contributed by atoms with E-state index in [9.17, 15) is 14.9 Å². The Morgan fingerprint density at radius 2 is 2.11 bits per heavy atom. The Hall–Kier alpha value is -1.68. The molecule has 5 heteroatoms. The highest BCUT2D eigenvalue weighted by Gasteiger charge is 2.18. The zero-order chi connectivity index (χ0) is 14.4. The number of hydrogen-bond donors (Lipinski definition) is 0. The molecule has 0 aliphatic heterocycles. The topological polar surface area (TPSA) is 60.2 Å². The molecule has 0 heterocycles. The van der Waals surface area contributed by atoms with Crippen molar-refractivity contribution in [1.29, 1.82) is 0 Å². The number of rotatable bonds is 6. The van der Waals surface area contributed by atoms with Crippen molar-refractivity contribution in [2.75, 3.05) is 0 Å². The van der Waals surface area contributed by atoms with Gasteiger partial charge in [-0.15, -0.1) is 0 Å². The zero-order valence-corrected chi connectivity index (χ0v) is 11.7. The van der Waals surface area contributed by atoms with Gasteiger partial charge in [0.15, 0.2) is 0 Å². The predicted octanol–water partition coefficient (Wildman–Crippen LogP) is 4.18. The molecule has 0 aromatic heterocycles. The van der Waals surface area contributed by atoms with Gasteiger partial charge in [-0.1, -0.05) is 25.5 Å². The summed E-state index contributed by atoms with van der Waals surface area (Å²) in [5, 5.41) is 10.4. The van der Waals surface area contributed by atoms with Crippen molar-refractivity contribution < 1.29 is 9.72 Å². The third-order valence-electron chi connectivity index (χ3n) is 2.79. The summed E-state index contributed by atoms with van der Waals surface area (Å²) in [5.74, 6) is 0. The number of aryl methyl sites for hydroxylation is 1. The first-order chi connectivity index (χ1) is 8.97. The fraction of sp³-hybridized carbons (Fsp3) is 0.357. The molecule has 4 nitrogen and oxygen atoms in total. The summed E-state index contributed by atoms with van der Waals surface area (Å²) in [6.45, 7) is 3.79. The number of carbonyl (C=O) groups is 1. The van der Waals surface area contributed by atoms with Crippen LogP contribution in [0.1, 0.15) is 41.3 Å². The molecule has 0 fully saturated rings. The van der Waals surface area contributed by atoms with Gasteiger partial charge in [-0.3, -0.25) is 14.9 Å². The third-order valence-corrected chi connectivity index (χ3v) is 3.00. The van der Waals surface area contributed by atoms with Crippen LogP contribution >= 0.6 is 11.6 Å². The van der Waals surface area contributed by atoms with Gasteiger partial charge in [0.1, 0.15) is 0 Å². The number of nitrogens with zero attached hydrogens (tertiary/aromatic N) is 1. The third kappa shape index (κ3) is 4.17. The van der Waals surface area contributed by atoms with E-state index in [1.807, 2.05) is 12.2 Å². The van der Waals surface area contributed by atoms with Crippen LogP contribution in [0.5, 0.6) is 0 Å². The molecule has 1 aromatic carbocycles. The van der Waals surface area contributed by atoms with Crippen molar-refractivity contribution in [3.63, 3.8) is 0 Å². The molecule has 0 aliphatic rings. The SMILES string of the molecule is CCCC=CCc1cc(C)c(C(=O)Cl)cc1[N+](=O)[O-]. The molecule has 0 aliphatic carbocycles. The van der Waals surface area contributed by atoms with Crippen molar-refractivity contribution in [3.8, 4) is 0 Å². The number of hydrogen-bond acceptors (Lipinski definition) is 3. The first kappa shape index (κ1) is 15.4. The van der Waals surface area contributed by atoms with Crippen LogP contribution in [0, 0.1) is 17.0 Å². The van der Waals surface area contributed by atoms with Gasteiger partial charge in [0.2, 0.25) is 0 Å². The minimum atomic E-state index is -0.673. The number of benzene rings is 1. The molecule has 1 aromatic rings. The fourth-order valence-corrected chi connectivity index (χ4v) is 2.00. The minimum absolute atomic E-state index is 0.0595. The van der Waals surface area contributed by atoms with Gasteiger partial charge in [-0.05, 0) is 43.0 Å². The van der Waals surface area contributed by atoms with Gasteiger partial charge < -0.3 is 0 Å². The van der Waals surface area contributed by atoms with Crippen LogP contribution < -0.4 is 0 Å². The maximum Gasteiger partial charge on any atom is 0.273 e. The standard InChI is InChI=1S/C14H16ClNO3/c1-3-4-5-6-7-11-8-10(2)12(14(15)17)9-13(11)16(18)19/h5-6,8-9H,3-4,7H2,1-2H3. The molecular weight excluding hydrogens is 266 g/mol. The summed E-state index contributed by atoms with van der Waals surface area (Å²) in [4.78, 5) is 21.7.